The van der Waals surface area contributed by atoms with E-state index >= 15 is 0 Å². The molecule has 0 bridgehead atoms. The van der Waals surface area contributed by atoms with Crippen molar-refractivity contribution in [3.8, 4) is 0 Å². The molecule has 1 aliphatic rings. The minimum absolute atomic E-state index is 0.117. The maximum absolute atomic E-state index is 11.8. The molecule has 0 amide bonds. The van der Waals surface area contributed by atoms with Crippen LogP contribution in [0.15, 0.2) is 0 Å². The lowest BCUT2D eigenvalue weighted by atomic mass is 10.0. The van der Waals surface area contributed by atoms with Gasteiger partial charge in [0.05, 0.1) is 10.9 Å². The highest BCUT2D eigenvalue weighted by atomic mass is 32.2. The number of rotatable bonds is 3. The zero-order chi connectivity index (χ0) is 10.3. The molecule has 1 unspecified atom stereocenters. The van der Waals surface area contributed by atoms with E-state index in [4.69, 9.17) is 9.52 Å². The Morgan fingerprint density at radius 2 is 2.00 bits per heavy atom. The van der Waals surface area contributed by atoms with E-state index in [1.807, 2.05) is 20.8 Å². The standard InChI is InChI=1S/C8H18N2O2S/c1-7(2)13(9,11)10-5-8(3,6-10)12-4/h7,9H,5-6H2,1-4H3. The van der Waals surface area contributed by atoms with Gasteiger partial charge in [-0.15, -0.1) is 0 Å². The van der Waals surface area contributed by atoms with E-state index in [1.165, 1.54) is 0 Å². The summed E-state index contributed by atoms with van der Waals surface area (Å²) in [7, 11) is -0.917. The third-order valence-electron chi connectivity index (χ3n) is 2.54. The minimum Gasteiger partial charge on any atom is -0.376 e. The number of nitrogens with one attached hydrogen (secondary N) is 1. The van der Waals surface area contributed by atoms with Crippen LogP contribution < -0.4 is 0 Å². The van der Waals surface area contributed by atoms with Gasteiger partial charge in [0.1, 0.15) is 9.92 Å². The number of hydrogen-bond acceptors (Lipinski definition) is 3. The van der Waals surface area contributed by atoms with Gasteiger partial charge in [-0.3, -0.25) is 0 Å². The second-order valence-electron chi connectivity index (χ2n) is 4.07. The van der Waals surface area contributed by atoms with Gasteiger partial charge >= 0.3 is 0 Å². The fourth-order valence-corrected chi connectivity index (χ4v) is 2.84. The fourth-order valence-electron chi connectivity index (χ4n) is 1.32. The molecule has 4 nitrogen and oxygen atoms in total. The second kappa shape index (κ2) is 3.22. The molecule has 0 saturated carbocycles. The van der Waals surface area contributed by atoms with Crippen molar-refractivity contribution in [2.24, 2.45) is 0 Å². The largest absolute Gasteiger partial charge is 0.376 e. The van der Waals surface area contributed by atoms with Gasteiger partial charge in [-0.2, -0.15) is 0 Å². The molecule has 1 atom stereocenters. The molecule has 0 aromatic rings. The van der Waals surface area contributed by atoms with E-state index in [2.05, 4.69) is 0 Å². The van der Waals surface area contributed by atoms with Gasteiger partial charge in [0.15, 0.2) is 0 Å². The highest BCUT2D eigenvalue weighted by molar-refractivity contribution is 7.90. The maximum atomic E-state index is 11.8. The van der Waals surface area contributed by atoms with Gasteiger partial charge in [-0.25, -0.2) is 13.3 Å². The Balaban J connectivity index is 2.63. The third kappa shape index (κ3) is 1.87. The molecule has 0 aromatic carbocycles. The smallest absolute Gasteiger partial charge is 0.110 e. The number of hydrogen-bond donors (Lipinski definition) is 1. The Hall–Kier alpha value is -0.130. The van der Waals surface area contributed by atoms with Crippen molar-refractivity contribution >= 4 is 9.92 Å². The quantitative estimate of drug-likeness (QED) is 0.751. The summed E-state index contributed by atoms with van der Waals surface area (Å²) in [6, 6.07) is 0. The first-order valence-corrected chi connectivity index (χ1v) is 5.97. The van der Waals surface area contributed by atoms with Crippen molar-refractivity contribution in [3.05, 3.63) is 0 Å². The van der Waals surface area contributed by atoms with E-state index in [0.717, 1.165) is 0 Å². The molecule has 1 fully saturated rings. The molecule has 1 N–H and O–H groups in total. The molecular weight excluding hydrogens is 188 g/mol. The summed E-state index contributed by atoms with van der Waals surface area (Å²) >= 11 is 0. The Kier molecular flexibility index (Phi) is 2.71. The van der Waals surface area contributed by atoms with E-state index in [1.54, 1.807) is 11.4 Å². The Labute approximate surface area is 80.4 Å². The number of methoxy groups -OCH3 is 1. The predicted molar refractivity (Wildman–Crippen MR) is 53.0 cm³/mol. The van der Waals surface area contributed by atoms with Gasteiger partial charge in [0.25, 0.3) is 0 Å². The normalized spacial score (nSPS) is 26.8. The molecule has 5 heteroatoms. The minimum atomic E-state index is -2.57. The second-order valence-corrected chi connectivity index (χ2v) is 6.67. The third-order valence-corrected chi connectivity index (χ3v) is 4.84. The summed E-state index contributed by atoms with van der Waals surface area (Å²) < 4.78 is 26.4. The monoisotopic (exact) mass is 206 g/mol. The van der Waals surface area contributed by atoms with Gasteiger partial charge < -0.3 is 4.74 Å². The fraction of sp³-hybridized carbons (Fsp3) is 1.00. The van der Waals surface area contributed by atoms with Crippen LogP contribution in [0, 0.1) is 4.78 Å². The van der Waals surface area contributed by atoms with Crippen LogP contribution in [-0.2, 0) is 14.7 Å². The SMILES string of the molecule is COC1(C)CN(S(=N)(=O)C(C)C)C1. The molecule has 1 rings (SSSR count). The van der Waals surface area contributed by atoms with E-state index < -0.39 is 9.92 Å². The van der Waals surface area contributed by atoms with Crippen LogP contribution in [0.25, 0.3) is 0 Å². The topological polar surface area (TPSA) is 53.4 Å². The van der Waals surface area contributed by atoms with Gasteiger partial charge in [-0.05, 0) is 20.8 Å². The summed E-state index contributed by atoms with van der Waals surface area (Å²) in [5, 5.41) is -0.117. The predicted octanol–water partition coefficient (Wildman–Crippen LogP) is 1.08. The first kappa shape index (κ1) is 10.9. The zero-order valence-electron chi connectivity index (χ0n) is 8.66. The lowest BCUT2D eigenvalue weighted by molar-refractivity contribution is -0.0760. The maximum Gasteiger partial charge on any atom is 0.110 e. The Morgan fingerprint density at radius 3 is 2.31 bits per heavy atom. The summed E-state index contributed by atoms with van der Waals surface area (Å²) in [6.45, 7) is 6.81. The van der Waals surface area contributed by atoms with Crippen molar-refractivity contribution in [2.75, 3.05) is 20.2 Å². The van der Waals surface area contributed by atoms with Gasteiger partial charge in [0.2, 0.25) is 0 Å². The van der Waals surface area contributed by atoms with Crippen LogP contribution in [-0.4, -0.2) is 39.6 Å². The lowest BCUT2D eigenvalue weighted by Crippen LogP contribution is -2.63. The molecule has 1 heterocycles. The van der Waals surface area contributed by atoms with Crippen LogP contribution in [0.5, 0.6) is 0 Å². The summed E-state index contributed by atoms with van der Waals surface area (Å²) in [6.07, 6.45) is 0. The molecular formula is C8H18N2O2S. The van der Waals surface area contributed by atoms with Crippen molar-refractivity contribution in [1.29, 1.82) is 4.78 Å². The van der Waals surface area contributed by atoms with Crippen molar-refractivity contribution in [1.82, 2.24) is 4.31 Å². The van der Waals surface area contributed by atoms with E-state index in [9.17, 15) is 4.21 Å². The molecule has 1 saturated heterocycles. The molecule has 0 aliphatic carbocycles. The molecule has 13 heavy (non-hydrogen) atoms. The zero-order valence-corrected chi connectivity index (χ0v) is 9.48. The van der Waals surface area contributed by atoms with Gasteiger partial charge in [0, 0.05) is 20.2 Å². The summed E-state index contributed by atoms with van der Waals surface area (Å²) in [5.41, 5.74) is -0.196. The Bertz CT molecular complexity index is 279. The number of ether oxygens (including phenoxy) is 1. The first-order chi connectivity index (χ1) is 5.82. The van der Waals surface area contributed by atoms with E-state index in [-0.39, 0.29) is 10.9 Å². The lowest BCUT2D eigenvalue weighted by Gasteiger charge is -2.47. The molecule has 0 radical (unpaired) electrons. The highest BCUT2D eigenvalue weighted by Crippen LogP contribution is 2.28. The van der Waals surface area contributed by atoms with Crippen molar-refractivity contribution < 1.29 is 8.95 Å². The van der Waals surface area contributed by atoms with Crippen LogP contribution in [0.2, 0.25) is 0 Å². The average Bonchev–Trinajstić information content (AvgIpc) is 1.98. The highest BCUT2D eigenvalue weighted by Gasteiger charge is 2.44. The average molecular weight is 206 g/mol. The molecule has 78 valence electrons. The van der Waals surface area contributed by atoms with Crippen LogP contribution >= 0.6 is 0 Å². The van der Waals surface area contributed by atoms with Crippen molar-refractivity contribution in [3.63, 3.8) is 0 Å². The van der Waals surface area contributed by atoms with Gasteiger partial charge in [-0.1, -0.05) is 0 Å². The van der Waals surface area contributed by atoms with Crippen LogP contribution in [0.3, 0.4) is 0 Å². The van der Waals surface area contributed by atoms with Crippen molar-refractivity contribution in [2.45, 2.75) is 31.6 Å². The van der Waals surface area contributed by atoms with Crippen LogP contribution in [0.1, 0.15) is 20.8 Å². The Morgan fingerprint density at radius 1 is 1.54 bits per heavy atom. The molecule has 0 spiro atoms. The molecule has 1 aliphatic heterocycles. The molecule has 0 aromatic heterocycles. The summed E-state index contributed by atoms with van der Waals surface area (Å²) in [4.78, 5) is 0. The summed E-state index contributed by atoms with van der Waals surface area (Å²) in [5.74, 6) is 0. The van der Waals surface area contributed by atoms with Crippen LogP contribution in [0.4, 0.5) is 0 Å². The first-order valence-electron chi connectivity index (χ1n) is 4.40. The number of nitrogens with zero attached hydrogens (tertiary/aromatic N) is 1. The van der Waals surface area contributed by atoms with E-state index in [0.29, 0.717) is 13.1 Å².